The van der Waals surface area contributed by atoms with Gasteiger partial charge in [0.15, 0.2) is 0 Å². The van der Waals surface area contributed by atoms with Gasteiger partial charge in [-0.1, -0.05) is 12.1 Å². The highest BCUT2D eigenvalue weighted by molar-refractivity contribution is 5.91. The SMILES string of the molecule is O=c1c2ccccc2oc2ccc(NCCCN3CCOCC3)cc12. The van der Waals surface area contributed by atoms with E-state index in [9.17, 15) is 4.79 Å². The average Bonchev–Trinajstić information content (AvgIpc) is 2.67. The third-order valence-corrected chi connectivity index (χ3v) is 4.66. The second-order valence-corrected chi connectivity index (χ2v) is 6.37. The molecular formula is C20H22N2O3. The molecule has 2 aromatic carbocycles. The Morgan fingerprint density at radius 2 is 1.80 bits per heavy atom. The van der Waals surface area contributed by atoms with Crippen LogP contribution in [0.5, 0.6) is 0 Å². The summed E-state index contributed by atoms with van der Waals surface area (Å²) in [6, 6.07) is 13.1. The van der Waals surface area contributed by atoms with Gasteiger partial charge in [-0.15, -0.1) is 0 Å². The number of hydrogen-bond donors (Lipinski definition) is 1. The normalized spacial score (nSPS) is 15.7. The third-order valence-electron chi connectivity index (χ3n) is 4.66. The van der Waals surface area contributed by atoms with Crippen molar-refractivity contribution in [1.29, 1.82) is 0 Å². The van der Waals surface area contributed by atoms with E-state index in [1.54, 1.807) is 0 Å². The van der Waals surface area contributed by atoms with E-state index in [4.69, 9.17) is 9.15 Å². The molecular weight excluding hydrogens is 316 g/mol. The van der Waals surface area contributed by atoms with Crippen molar-refractivity contribution in [2.45, 2.75) is 6.42 Å². The molecule has 3 aromatic rings. The molecule has 0 saturated carbocycles. The van der Waals surface area contributed by atoms with Gasteiger partial charge in [0.25, 0.3) is 0 Å². The van der Waals surface area contributed by atoms with Crippen LogP contribution in [0.1, 0.15) is 6.42 Å². The maximum absolute atomic E-state index is 12.7. The van der Waals surface area contributed by atoms with Gasteiger partial charge in [0.2, 0.25) is 5.43 Å². The van der Waals surface area contributed by atoms with Crippen LogP contribution in [0.25, 0.3) is 21.9 Å². The van der Waals surface area contributed by atoms with Crippen LogP contribution in [-0.2, 0) is 4.74 Å². The number of ether oxygens (including phenoxy) is 1. The number of fused-ring (bicyclic) bond motifs is 2. The molecule has 0 amide bonds. The summed E-state index contributed by atoms with van der Waals surface area (Å²) in [5.74, 6) is 0. The number of benzene rings is 2. The van der Waals surface area contributed by atoms with Gasteiger partial charge in [0.05, 0.1) is 24.0 Å². The average molecular weight is 338 g/mol. The molecule has 1 aromatic heterocycles. The molecule has 2 heterocycles. The predicted molar refractivity (Wildman–Crippen MR) is 100 cm³/mol. The first-order valence-corrected chi connectivity index (χ1v) is 8.81. The largest absolute Gasteiger partial charge is 0.456 e. The van der Waals surface area contributed by atoms with Crippen molar-refractivity contribution in [3.8, 4) is 0 Å². The Kier molecular flexibility index (Phi) is 4.68. The quantitative estimate of drug-likeness (QED) is 0.572. The fraction of sp³-hybridized carbons (Fsp3) is 0.350. The van der Waals surface area contributed by atoms with Gasteiger partial charge in [-0.25, -0.2) is 0 Å². The molecule has 1 N–H and O–H groups in total. The first-order chi connectivity index (χ1) is 12.3. The van der Waals surface area contributed by atoms with Crippen molar-refractivity contribution in [3.05, 3.63) is 52.7 Å². The van der Waals surface area contributed by atoms with E-state index in [-0.39, 0.29) is 5.43 Å². The molecule has 0 aliphatic carbocycles. The monoisotopic (exact) mass is 338 g/mol. The number of rotatable bonds is 5. The molecule has 5 nitrogen and oxygen atoms in total. The zero-order chi connectivity index (χ0) is 17.1. The number of morpholine rings is 1. The standard InChI is InChI=1S/C20H22N2O3/c23-20-16-4-1-2-5-18(16)25-19-7-6-15(14-17(19)20)21-8-3-9-22-10-12-24-13-11-22/h1-2,4-7,14,21H,3,8-13H2. The molecule has 25 heavy (non-hydrogen) atoms. The highest BCUT2D eigenvalue weighted by Crippen LogP contribution is 2.21. The minimum Gasteiger partial charge on any atom is -0.456 e. The van der Waals surface area contributed by atoms with Crippen molar-refractivity contribution >= 4 is 27.6 Å². The lowest BCUT2D eigenvalue weighted by Gasteiger charge is -2.26. The fourth-order valence-corrected chi connectivity index (χ4v) is 3.27. The molecule has 4 rings (SSSR count). The summed E-state index contributed by atoms with van der Waals surface area (Å²) in [5.41, 5.74) is 2.24. The van der Waals surface area contributed by atoms with Crippen molar-refractivity contribution < 1.29 is 9.15 Å². The molecule has 0 atom stereocenters. The number of nitrogens with one attached hydrogen (secondary N) is 1. The van der Waals surface area contributed by atoms with Crippen LogP contribution in [-0.4, -0.2) is 44.3 Å². The zero-order valence-corrected chi connectivity index (χ0v) is 14.2. The summed E-state index contributed by atoms with van der Waals surface area (Å²) < 4.78 is 11.2. The van der Waals surface area contributed by atoms with E-state index in [0.717, 1.165) is 51.5 Å². The Morgan fingerprint density at radius 1 is 1.00 bits per heavy atom. The number of anilines is 1. The molecule has 130 valence electrons. The van der Waals surface area contributed by atoms with E-state index < -0.39 is 0 Å². The molecule has 0 radical (unpaired) electrons. The molecule has 5 heteroatoms. The Bertz CT molecular complexity index is 929. The Balaban J connectivity index is 1.46. The third kappa shape index (κ3) is 3.52. The summed E-state index contributed by atoms with van der Waals surface area (Å²) in [6.45, 7) is 5.65. The Labute approximate surface area is 146 Å². The molecule has 1 saturated heterocycles. The van der Waals surface area contributed by atoms with Gasteiger partial charge in [-0.2, -0.15) is 0 Å². The Hall–Kier alpha value is -2.37. The molecule has 1 aliphatic heterocycles. The van der Waals surface area contributed by atoms with Crippen LogP contribution in [0.4, 0.5) is 5.69 Å². The highest BCUT2D eigenvalue weighted by Gasteiger charge is 2.10. The Morgan fingerprint density at radius 3 is 2.68 bits per heavy atom. The van der Waals surface area contributed by atoms with Crippen LogP contribution in [0.2, 0.25) is 0 Å². The van der Waals surface area contributed by atoms with E-state index >= 15 is 0 Å². The van der Waals surface area contributed by atoms with Gasteiger partial charge >= 0.3 is 0 Å². The molecule has 1 fully saturated rings. The minimum atomic E-state index is 0.0221. The van der Waals surface area contributed by atoms with E-state index in [1.165, 1.54) is 0 Å². The van der Waals surface area contributed by atoms with Crippen LogP contribution < -0.4 is 10.7 Å². The van der Waals surface area contributed by atoms with Crippen LogP contribution in [0.3, 0.4) is 0 Å². The summed E-state index contributed by atoms with van der Waals surface area (Å²) in [7, 11) is 0. The summed E-state index contributed by atoms with van der Waals surface area (Å²) in [4.78, 5) is 15.1. The van der Waals surface area contributed by atoms with Crippen molar-refractivity contribution in [1.82, 2.24) is 4.90 Å². The van der Waals surface area contributed by atoms with E-state index in [1.807, 2.05) is 42.5 Å². The maximum Gasteiger partial charge on any atom is 0.200 e. The lowest BCUT2D eigenvalue weighted by Crippen LogP contribution is -2.37. The topological polar surface area (TPSA) is 54.7 Å². The smallest absolute Gasteiger partial charge is 0.200 e. The first kappa shape index (κ1) is 16.1. The maximum atomic E-state index is 12.7. The summed E-state index contributed by atoms with van der Waals surface area (Å²) >= 11 is 0. The lowest BCUT2D eigenvalue weighted by atomic mass is 10.1. The number of para-hydroxylation sites is 1. The van der Waals surface area contributed by atoms with Crippen LogP contribution in [0.15, 0.2) is 51.7 Å². The van der Waals surface area contributed by atoms with Crippen molar-refractivity contribution in [2.75, 3.05) is 44.7 Å². The summed E-state index contributed by atoms with van der Waals surface area (Å²) in [5, 5.41) is 4.66. The second kappa shape index (κ2) is 7.25. The van der Waals surface area contributed by atoms with Crippen molar-refractivity contribution in [3.63, 3.8) is 0 Å². The van der Waals surface area contributed by atoms with Crippen LogP contribution in [0, 0.1) is 0 Å². The molecule has 0 spiro atoms. The number of hydrogen-bond acceptors (Lipinski definition) is 5. The second-order valence-electron chi connectivity index (χ2n) is 6.37. The van der Waals surface area contributed by atoms with E-state index in [2.05, 4.69) is 10.2 Å². The number of nitrogens with zero attached hydrogens (tertiary/aromatic N) is 1. The highest BCUT2D eigenvalue weighted by atomic mass is 16.5. The van der Waals surface area contributed by atoms with Gasteiger partial charge in [0.1, 0.15) is 11.2 Å². The van der Waals surface area contributed by atoms with E-state index in [0.29, 0.717) is 21.9 Å². The van der Waals surface area contributed by atoms with Gasteiger partial charge in [-0.3, -0.25) is 9.69 Å². The predicted octanol–water partition coefficient (Wildman–Crippen LogP) is 3.08. The van der Waals surface area contributed by atoms with Crippen LogP contribution >= 0.6 is 0 Å². The van der Waals surface area contributed by atoms with Crippen molar-refractivity contribution in [2.24, 2.45) is 0 Å². The first-order valence-electron chi connectivity index (χ1n) is 8.81. The molecule has 0 unspecified atom stereocenters. The zero-order valence-electron chi connectivity index (χ0n) is 14.2. The van der Waals surface area contributed by atoms with Gasteiger partial charge < -0.3 is 14.5 Å². The summed E-state index contributed by atoms with van der Waals surface area (Å²) in [6.07, 6.45) is 1.06. The molecule has 1 aliphatic rings. The minimum absolute atomic E-state index is 0.0221. The van der Waals surface area contributed by atoms with Gasteiger partial charge in [0, 0.05) is 25.3 Å². The fourth-order valence-electron chi connectivity index (χ4n) is 3.27. The molecule has 0 bridgehead atoms. The van der Waals surface area contributed by atoms with Gasteiger partial charge in [-0.05, 0) is 43.3 Å². The lowest BCUT2D eigenvalue weighted by molar-refractivity contribution is 0.0378.